The van der Waals surface area contributed by atoms with E-state index in [1.807, 2.05) is 25.1 Å². The Bertz CT molecular complexity index is 410. The van der Waals surface area contributed by atoms with Crippen LogP contribution in [0.15, 0.2) is 18.2 Å². The van der Waals surface area contributed by atoms with E-state index in [0.717, 1.165) is 23.5 Å². The van der Waals surface area contributed by atoms with E-state index in [-0.39, 0.29) is 11.1 Å². The lowest BCUT2D eigenvalue weighted by Gasteiger charge is -2.42. The fraction of sp³-hybridized carbons (Fsp3) is 0.538. The fourth-order valence-electron chi connectivity index (χ4n) is 2.50. The number of benzene rings is 1. The smallest absolute Gasteiger partial charge is 0.128 e. The van der Waals surface area contributed by atoms with Gasteiger partial charge in [0.05, 0.1) is 7.11 Å². The molecule has 2 N–H and O–H groups in total. The van der Waals surface area contributed by atoms with Crippen molar-refractivity contribution in [2.45, 2.75) is 38.3 Å². The van der Waals surface area contributed by atoms with Crippen LogP contribution in [0.2, 0.25) is 0 Å². The van der Waals surface area contributed by atoms with E-state index in [1.54, 1.807) is 7.11 Å². The quantitative estimate of drug-likeness (QED) is 0.792. The minimum atomic E-state index is -0.344. The summed E-state index contributed by atoms with van der Waals surface area (Å²) < 4.78 is 11.1. The van der Waals surface area contributed by atoms with Gasteiger partial charge in [-0.05, 0) is 32.9 Å². The predicted octanol–water partition coefficient (Wildman–Crippen LogP) is 2.43. The van der Waals surface area contributed by atoms with Crippen LogP contribution in [-0.4, -0.2) is 12.7 Å². The van der Waals surface area contributed by atoms with Crippen molar-refractivity contribution < 1.29 is 9.47 Å². The standard InChI is InChI=1S/C13H19NO2/c1-12(2)8-13(3,14)10-6-5-9(15-4)7-11(10)16-12/h5-7H,8,14H2,1-4H3. The van der Waals surface area contributed by atoms with Gasteiger partial charge in [0.15, 0.2) is 0 Å². The topological polar surface area (TPSA) is 44.5 Å². The Morgan fingerprint density at radius 3 is 2.62 bits per heavy atom. The number of hydrogen-bond donors (Lipinski definition) is 1. The molecule has 1 aliphatic rings. The third-order valence-electron chi connectivity index (χ3n) is 2.98. The van der Waals surface area contributed by atoms with E-state index in [1.165, 1.54) is 0 Å². The average Bonchev–Trinajstić information content (AvgIpc) is 2.13. The summed E-state index contributed by atoms with van der Waals surface area (Å²) in [4.78, 5) is 0. The van der Waals surface area contributed by atoms with Crippen molar-refractivity contribution in [1.29, 1.82) is 0 Å². The molecule has 0 bridgehead atoms. The molecule has 0 aliphatic carbocycles. The number of nitrogens with two attached hydrogens (primary N) is 1. The van der Waals surface area contributed by atoms with Crippen LogP contribution in [0.3, 0.4) is 0 Å². The molecule has 3 heteroatoms. The molecule has 1 unspecified atom stereocenters. The Kier molecular flexibility index (Phi) is 2.39. The second-order valence-electron chi connectivity index (χ2n) is 5.32. The number of fused-ring (bicyclic) bond motifs is 1. The molecule has 1 heterocycles. The van der Waals surface area contributed by atoms with E-state index >= 15 is 0 Å². The van der Waals surface area contributed by atoms with Gasteiger partial charge in [0.1, 0.15) is 17.1 Å². The van der Waals surface area contributed by atoms with Gasteiger partial charge in [-0.1, -0.05) is 0 Å². The van der Waals surface area contributed by atoms with Gasteiger partial charge in [-0.15, -0.1) is 0 Å². The van der Waals surface area contributed by atoms with Crippen LogP contribution < -0.4 is 15.2 Å². The van der Waals surface area contributed by atoms with Gasteiger partial charge in [0, 0.05) is 23.6 Å². The number of rotatable bonds is 1. The third kappa shape index (κ3) is 1.87. The minimum Gasteiger partial charge on any atom is -0.497 e. The van der Waals surface area contributed by atoms with Crippen molar-refractivity contribution in [3.05, 3.63) is 23.8 Å². The van der Waals surface area contributed by atoms with E-state index in [0.29, 0.717) is 0 Å². The zero-order chi connectivity index (χ0) is 12.0. The molecule has 0 spiro atoms. The maximum absolute atomic E-state index is 6.34. The van der Waals surface area contributed by atoms with Gasteiger partial charge in [-0.3, -0.25) is 0 Å². The van der Waals surface area contributed by atoms with Crippen LogP contribution in [0.1, 0.15) is 32.8 Å². The molecule has 0 saturated heterocycles. The Morgan fingerprint density at radius 1 is 1.31 bits per heavy atom. The molecule has 16 heavy (non-hydrogen) atoms. The highest BCUT2D eigenvalue weighted by Gasteiger charge is 2.39. The highest BCUT2D eigenvalue weighted by atomic mass is 16.5. The van der Waals surface area contributed by atoms with Crippen molar-refractivity contribution in [1.82, 2.24) is 0 Å². The highest BCUT2D eigenvalue weighted by Crippen LogP contribution is 2.43. The summed E-state index contributed by atoms with van der Waals surface area (Å²) in [5, 5.41) is 0. The first-order valence-electron chi connectivity index (χ1n) is 5.50. The summed E-state index contributed by atoms with van der Waals surface area (Å²) in [6.45, 7) is 6.16. The molecular formula is C13H19NO2. The second kappa shape index (κ2) is 3.39. The van der Waals surface area contributed by atoms with Crippen molar-refractivity contribution in [2.75, 3.05) is 7.11 Å². The second-order valence-corrected chi connectivity index (χ2v) is 5.32. The predicted molar refractivity (Wildman–Crippen MR) is 63.9 cm³/mol. The first kappa shape index (κ1) is 11.3. The molecule has 0 aromatic heterocycles. The minimum absolute atomic E-state index is 0.233. The summed E-state index contributed by atoms with van der Waals surface area (Å²) in [5.74, 6) is 1.63. The maximum atomic E-state index is 6.34. The average molecular weight is 221 g/mol. The lowest BCUT2D eigenvalue weighted by Crippen LogP contribution is -2.47. The first-order valence-corrected chi connectivity index (χ1v) is 5.50. The lowest BCUT2D eigenvalue weighted by atomic mass is 9.80. The summed E-state index contributed by atoms with van der Waals surface area (Å²) in [7, 11) is 1.65. The molecule has 0 radical (unpaired) electrons. The SMILES string of the molecule is COc1ccc2c(c1)OC(C)(C)CC2(C)N. The molecule has 0 saturated carbocycles. The zero-order valence-corrected chi connectivity index (χ0v) is 10.3. The lowest BCUT2D eigenvalue weighted by molar-refractivity contribution is 0.0500. The van der Waals surface area contributed by atoms with Crippen LogP contribution in [0.5, 0.6) is 11.5 Å². The van der Waals surface area contributed by atoms with Gasteiger partial charge in [0.25, 0.3) is 0 Å². The molecule has 1 aromatic rings. The fourth-order valence-corrected chi connectivity index (χ4v) is 2.50. The monoisotopic (exact) mass is 221 g/mol. The molecule has 1 aromatic carbocycles. The van der Waals surface area contributed by atoms with Crippen LogP contribution in [-0.2, 0) is 5.54 Å². The van der Waals surface area contributed by atoms with Crippen molar-refractivity contribution in [2.24, 2.45) is 5.73 Å². The zero-order valence-electron chi connectivity index (χ0n) is 10.3. The number of methoxy groups -OCH3 is 1. The van der Waals surface area contributed by atoms with Crippen LogP contribution in [0.25, 0.3) is 0 Å². The van der Waals surface area contributed by atoms with E-state index in [2.05, 4.69) is 13.8 Å². The summed E-state index contributed by atoms with van der Waals surface area (Å²) in [6.07, 6.45) is 0.805. The van der Waals surface area contributed by atoms with E-state index in [4.69, 9.17) is 15.2 Å². The number of hydrogen-bond acceptors (Lipinski definition) is 3. The molecule has 3 nitrogen and oxygen atoms in total. The van der Waals surface area contributed by atoms with Gasteiger partial charge in [-0.25, -0.2) is 0 Å². The van der Waals surface area contributed by atoms with Crippen molar-refractivity contribution in [3.8, 4) is 11.5 Å². The molecule has 88 valence electrons. The molecule has 0 fully saturated rings. The number of ether oxygens (including phenoxy) is 2. The van der Waals surface area contributed by atoms with Gasteiger partial charge >= 0.3 is 0 Å². The van der Waals surface area contributed by atoms with E-state index in [9.17, 15) is 0 Å². The van der Waals surface area contributed by atoms with Crippen molar-refractivity contribution in [3.63, 3.8) is 0 Å². The normalized spacial score (nSPS) is 26.8. The highest BCUT2D eigenvalue weighted by molar-refractivity contribution is 5.46. The maximum Gasteiger partial charge on any atom is 0.128 e. The van der Waals surface area contributed by atoms with Crippen LogP contribution >= 0.6 is 0 Å². The van der Waals surface area contributed by atoms with Gasteiger partial charge in [-0.2, -0.15) is 0 Å². The first-order chi connectivity index (χ1) is 7.34. The van der Waals surface area contributed by atoms with Crippen LogP contribution in [0, 0.1) is 0 Å². The summed E-state index contributed by atoms with van der Waals surface area (Å²) >= 11 is 0. The largest absolute Gasteiger partial charge is 0.497 e. The molecule has 1 aliphatic heterocycles. The molecular weight excluding hydrogens is 202 g/mol. The Labute approximate surface area is 96.5 Å². The van der Waals surface area contributed by atoms with Crippen LogP contribution in [0.4, 0.5) is 0 Å². The molecule has 0 amide bonds. The molecule has 2 rings (SSSR count). The third-order valence-corrected chi connectivity index (χ3v) is 2.98. The van der Waals surface area contributed by atoms with Crippen molar-refractivity contribution >= 4 is 0 Å². The molecule has 1 atom stereocenters. The Hall–Kier alpha value is -1.22. The van der Waals surface area contributed by atoms with E-state index < -0.39 is 0 Å². The summed E-state index contributed by atoms with van der Waals surface area (Å²) in [6, 6.07) is 5.82. The van der Waals surface area contributed by atoms with Gasteiger partial charge in [0.2, 0.25) is 0 Å². The summed E-state index contributed by atoms with van der Waals surface area (Å²) in [5.41, 5.74) is 6.81. The Balaban J connectivity index is 2.51. The van der Waals surface area contributed by atoms with Gasteiger partial charge < -0.3 is 15.2 Å². The Morgan fingerprint density at radius 2 is 2.00 bits per heavy atom.